The summed E-state index contributed by atoms with van der Waals surface area (Å²) >= 11 is 0. The largest absolute Gasteiger partial charge is 0.416 e. The Bertz CT molecular complexity index is 1270. The summed E-state index contributed by atoms with van der Waals surface area (Å²) < 4.78 is 41.6. The first kappa shape index (κ1) is 25.2. The van der Waals surface area contributed by atoms with Gasteiger partial charge in [-0.25, -0.2) is 14.5 Å². The van der Waals surface area contributed by atoms with Crippen molar-refractivity contribution >= 4 is 12.1 Å². The van der Waals surface area contributed by atoms with Crippen LogP contribution in [-0.4, -0.2) is 38.3 Å². The Hall–Kier alpha value is -3.93. The van der Waals surface area contributed by atoms with Crippen LogP contribution in [0.3, 0.4) is 0 Å². The van der Waals surface area contributed by atoms with Gasteiger partial charge in [0.15, 0.2) is 0 Å². The average molecular weight is 503 g/mol. The van der Waals surface area contributed by atoms with Gasteiger partial charge in [-0.15, -0.1) is 5.10 Å². The molecule has 1 aliphatic rings. The number of aliphatic imine (C=N–C) groups is 1. The number of H-pyrrole nitrogens is 1. The van der Waals surface area contributed by atoms with Crippen molar-refractivity contribution in [2.75, 3.05) is 0 Å². The van der Waals surface area contributed by atoms with Gasteiger partial charge in [0.05, 0.1) is 24.7 Å². The SMILES string of the molecule is CCC[n+]1c(-c2ccncn2)n[nH]c1CNC1C=N[CH]C(C(=O)NCc2ccccc2C(F)(F)F)=C1.[HH].[HH]. The molecule has 0 bridgehead atoms. The summed E-state index contributed by atoms with van der Waals surface area (Å²) in [5.41, 5.74) is 0.172. The molecule has 36 heavy (non-hydrogen) atoms. The lowest BCUT2D eigenvalue weighted by molar-refractivity contribution is -0.694. The molecular weight excluding hydrogens is 473 g/mol. The molecule has 4 rings (SSSR count). The molecule has 0 spiro atoms. The Morgan fingerprint density at radius 2 is 2.06 bits per heavy atom. The number of halogens is 3. The zero-order chi connectivity index (χ0) is 25.5. The van der Waals surface area contributed by atoms with Crippen molar-refractivity contribution in [3.8, 4) is 11.5 Å². The predicted octanol–water partition coefficient (Wildman–Crippen LogP) is 3.02. The highest BCUT2D eigenvalue weighted by Crippen LogP contribution is 2.31. The average Bonchev–Trinajstić information content (AvgIpc) is 3.29. The molecule has 1 unspecified atom stereocenters. The molecule has 3 N–H and O–H groups in total. The van der Waals surface area contributed by atoms with Crippen LogP contribution in [0.2, 0.25) is 0 Å². The first-order valence-corrected chi connectivity index (χ1v) is 11.3. The topological polar surface area (TPSA) is 112 Å². The molecule has 0 saturated carbocycles. The molecule has 12 heteroatoms. The van der Waals surface area contributed by atoms with Gasteiger partial charge < -0.3 is 5.32 Å². The number of hydrogen-bond donors (Lipinski definition) is 3. The van der Waals surface area contributed by atoms with Crippen LogP contribution in [0.4, 0.5) is 13.2 Å². The summed E-state index contributed by atoms with van der Waals surface area (Å²) in [5.74, 6) is 0.997. The minimum atomic E-state index is -4.49. The van der Waals surface area contributed by atoms with E-state index in [1.54, 1.807) is 24.6 Å². The van der Waals surface area contributed by atoms with Crippen LogP contribution in [0.25, 0.3) is 11.5 Å². The molecule has 0 fully saturated rings. The third kappa shape index (κ3) is 6.00. The maximum atomic E-state index is 13.2. The van der Waals surface area contributed by atoms with E-state index in [0.717, 1.165) is 24.9 Å². The number of nitrogens with one attached hydrogen (secondary N) is 3. The van der Waals surface area contributed by atoms with E-state index in [9.17, 15) is 18.0 Å². The zero-order valence-corrected chi connectivity index (χ0v) is 19.5. The first-order valence-electron chi connectivity index (χ1n) is 11.3. The molecule has 1 aliphatic heterocycles. The second kappa shape index (κ2) is 11.2. The Kier molecular flexibility index (Phi) is 7.84. The van der Waals surface area contributed by atoms with Gasteiger partial charge in [0.2, 0.25) is 11.7 Å². The molecule has 1 aromatic carbocycles. The number of nitrogens with zero attached hydrogens (tertiary/aromatic N) is 5. The Morgan fingerprint density at radius 3 is 2.81 bits per heavy atom. The van der Waals surface area contributed by atoms with Crippen LogP contribution in [0.15, 0.2) is 59.5 Å². The highest BCUT2D eigenvalue weighted by Gasteiger charge is 2.33. The van der Waals surface area contributed by atoms with Gasteiger partial charge in [-0.1, -0.05) is 31.2 Å². The molecule has 2 aromatic heterocycles. The normalized spacial score (nSPS) is 15.6. The van der Waals surface area contributed by atoms with Crippen LogP contribution in [-0.2, 0) is 30.6 Å². The standard InChI is InChI=1S/C24H24F3N8O.2H2/c1-2-9-35-21(33-34-22(35)20-7-8-28-15-32-20)14-30-18-10-17(11-29-13-18)23(36)31-12-16-5-3-4-6-19(16)24(25,26)27;;/h3-8,10-11,13,15,18,30H,2,9,12,14H2,1H3,(H,31,36);2*1H/p+1. The number of dihydropyridines is 1. The van der Waals surface area contributed by atoms with Crippen molar-refractivity contribution in [3.63, 3.8) is 0 Å². The number of carbonyl (C=O) groups excluding carboxylic acids is 1. The molecule has 1 atom stereocenters. The number of benzene rings is 1. The number of aromatic amines is 1. The minimum Gasteiger partial charge on any atom is -0.348 e. The van der Waals surface area contributed by atoms with E-state index in [0.29, 0.717) is 18.1 Å². The third-order valence-corrected chi connectivity index (χ3v) is 5.48. The van der Waals surface area contributed by atoms with E-state index in [1.807, 2.05) is 4.57 Å². The van der Waals surface area contributed by atoms with Gasteiger partial charge in [0, 0.05) is 32.5 Å². The van der Waals surface area contributed by atoms with Crippen molar-refractivity contribution < 1.29 is 25.4 Å². The zero-order valence-electron chi connectivity index (χ0n) is 19.5. The number of amides is 1. The first-order chi connectivity index (χ1) is 17.4. The van der Waals surface area contributed by atoms with Gasteiger partial charge >= 0.3 is 12.0 Å². The summed E-state index contributed by atoms with van der Waals surface area (Å²) in [4.78, 5) is 25.0. The number of hydrogen-bond acceptors (Lipinski definition) is 6. The van der Waals surface area contributed by atoms with Crippen molar-refractivity contribution in [1.82, 2.24) is 30.8 Å². The van der Waals surface area contributed by atoms with Crippen molar-refractivity contribution in [1.29, 1.82) is 0 Å². The summed E-state index contributed by atoms with van der Waals surface area (Å²) in [5, 5.41) is 13.3. The molecule has 0 saturated heterocycles. The molecule has 1 radical (unpaired) electrons. The Labute approximate surface area is 208 Å². The van der Waals surface area contributed by atoms with E-state index in [-0.39, 0.29) is 26.6 Å². The fraction of sp³-hybridized carbons (Fsp3) is 0.292. The minimum absolute atomic E-state index is 0. The van der Waals surface area contributed by atoms with Crippen molar-refractivity contribution in [3.05, 3.63) is 78.0 Å². The van der Waals surface area contributed by atoms with E-state index in [2.05, 4.69) is 42.7 Å². The number of aromatic nitrogens is 5. The second-order valence-electron chi connectivity index (χ2n) is 8.03. The summed E-state index contributed by atoms with van der Waals surface area (Å²) in [6.07, 6.45) is 2.82. The summed E-state index contributed by atoms with van der Waals surface area (Å²) in [6.45, 7) is 4.31. The maximum Gasteiger partial charge on any atom is 0.416 e. The molecule has 1 amide bonds. The van der Waals surface area contributed by atoms with Crippen molar-refractivity contribution in [2.24, 2.45) is 4.99 Å². The molecule has 191 valence electrons. The lowest BCUT2D eigenvalue weighted by Crippen LogP contribution is -2.42. The predicted molar refractivity (Wildman–Crippen MR) is 129 cm³/mol. The Balaban J connectivity index is 0.00000253. The maximum absolute atomic E-state index is 13.2. The smallest absolute Gasteiger partial charge is 0.348 e. The van der Waals surface area contributed by atoms with Crippen LogP contribution < -0.4 is 15.2 Å². The highest BCUT2D eigenvalue weighted by atomic mass is 19.4. The molecule has 3 heterocycles. The third-order valence-electron chi connectivity index (χ3n) is 5.48. The molecule has 0 aliphatic carbocycles. The van der Waals surface area contributed by atoms with Crippen LogP contribution >= 0.6 is 0 Å². The molecular formula is C24H29F3N8O+. The highest BCUT2D eigenvalue weighted by molar-refractivity contribution is 5.97. The monoisotopic (exact) mass is 502 g/mol. The van der Waals surface area contributed by atoms with Crippen LogP contribution in [0, 0.1) is 6.54 Å². The summed E-state index contributed by atoms with van der Waals surface area (Å²) in [6, 6.07) is 6.58. The fourth-order valence-corrected chi connectivity index (χ4v) is 3.77. The number of alkyl halides is 3. The number of carbonyl (C=O) groups is 1. The molecule has 9 nitrogen and oxygen atoms in total. The Morgan fingerprint density at radius 1 is 1.22 bits per heavy atom. The number of rotatable bonds is 9. The van der Waals surface area contributed by atoms with Gasteiger partial charge in [0.25, 0.3) is 0 Å². The lowest BCUT2D eigenvalue weighted by atomic mass is 10.1. The van der Waals surface area contributed by atoms with E-state index in [1.165, 1.54) is 31.1 Å². The van der Waals surface area contributed by atoms with E-state index in [4.69, 9.17) is 0 Å². The van der Waals surface area contributed by atoms with Crippen LogP contribution in [0.5, 0.6) is 0 Å². The van der Waals surface area contributed by atoms with E-state index < -0.39 is 17.6 Å². The van der Waals surface area contributed by atoms with E-state index >= 15 is 0 Å². The van der Waals surface area contributed by atoms with Gasteiger partial charge in [-0.3, -0.25) is 15.1 Å². The van der Waals surface area contributed by atoms with Crippen LogP contribution in [0.1, 0.15) is 33.1 Å². The van der Waals surface area contributed by atoms with Gasteiger partial charge in [0.1, 0.15) is 18.6 Å². The summed E-state index contributed by atoms with van der Waals surface area (Å²) in [7, 11) is 0. The molecule has 3 aromatic rings. The van der Waals surface area contributed by atoms with Crippen molar-refractivity contribution in [2.45, 2.75) is 45.2 Å². The van der Waals surface area contributed by atoms with Gasteiger partial charge in [-0.05, 0) is 24.1 Å². The second-order valence-corrected chi connectivity index (χ2v) is 8.03. The fourth-order valence-electron chi connectivity index (χ4n) is 3.77. The lowest BCUT2D eigenvalue weighted by Gasteiger charge is -2.17. The van der Waals surface area contributed by atoms with Gasteiger partial charge in [-0.2, -0.15) is 13.2 Å². The quantitative estimate of drug-likeness (QED) is 0.390.